The third kappa shape index (κ3) is 6.32. The predicted octanol–water partition coefficient (Wildman–Crippen LogP) is 2.69. The molecule has 2 heterocycles. The zero-order chi connectivity index (χ0) is 27.3. The number of piperidine rings is 1. The minimum absolute atomic E-state index is 0.0148. The molecule has 1 N–H and O–H groups in total. The van der Waals surface area contributed by atoms with Crippen LogP contribution in [0.5, 0.6) is 0 Å². The Hall–Kier alpha value is -3.06. The topological polar surface area (TPSA) is 136 Å². The summed E-state index contributed by atoms with van der Waals surface area (Å²) in [6.07, 6.45) is 1.26. The Balaban J connectivity index is 1.19. The SMILES string of the molecule is Cc1ccc(S(=O)(=O)OCCCOCCCSc2cccc3c2C(=O)N(C2CCC(=O)NC2=O)C3=O)cc1. The summed E-state index contributed by atoms with van der Waals surface area (Å²) in [6, 6.07) is 10.5. The van der Waals surface area contributed by atoms with E-state index in [-0.39, 0.29) is 35.5 Å². The van der Waals surface area contributed by atoms with Crippen LogP contribution in [0.25, 0.3) is 0 Å². The largest absolute Gasteiger partial charge is 0.381 e. The van der Waals surface area contributed by atoms with Crippen molar-refractivity contribution in [2.45, 2.75) is 48.4 Å². The Morgan fingerprint density at radius 1 is 0.974 bits per heavy atom. The Morgan fingerprint density at radius 3 is 2.45 bits per heavy atom. The second-order valence-electron chi connectivity index (χ2n) is 8.88. The molecule has 1 atom stereocenters. The summed E-state index contributed by atoms with van der Waals surface area (Å²) < 4.78 is 35.0. The molecule has 10 nitrogen and oxygen atoms in total. The molecule has 2 aromatic carbocycles. The van der Waals surface area contributed by atoms with E-state index in [2.05, 4.69) is 5.32 Å². The molecular formula is C26H28N2O8S2. The Morgan fingerprint density at radius 2 is 1.71 bits per heavy atom. The van der Waals surface area contributed by atoms with Gasteiger partial charge < -0.3 is 4.74 Å². The van der Waals surface area contributed by atoms with E-state index in [1.54, 1.807) is 30.3 Å². The number of carbonyl (C=O) groups excluding carboxylic acids is 4. The monoisotopic (exact) mass is 560 g/mol. The van der Waals surface area contributed by atoms with Crippen molar-refractivity contribution in [3.05, 3.63) is 59.2 Å². The number of amides is 4. The lowest BCUT2D eigenvalue weighted by atomic mass is 10.0. The number of rotatable bonds is 12. The van der Waals surface area contributed by atoms with E-state index < -0.39 is 39.8 Å². The van der Waals surface area contributed by atoms with Gasteiger partial charge in [-0.1, -0.05) is 23.8 Å². The summed E-state index contributed by atoms with van der Waals surface area (Å²) in [5.74, 6) is -1.49. The van der Waals surface area contributed by atoms with E-state index in [1.807, 2.05) is 6.92 Å². The maximum Gasteiger partial charge on any atom is 0.296 e. The Labute approximate surface area is 225 Å². The highest BCUT2D eigenvalue weighted by Crippen LogP contribution is 2.34. The van der Waals surface area contributed by atoms with Crippen LogP contribution in [0, 0.1) is 6.92 Å². The van der Waals surface area contributed by atoms with Gasteiger partial charge >= 0.3 is 0 Å². The summed E-state index contributed by atoms with van der Waals surface area (Å²) in [4.78, 5) is 51.4. The van der Waals surface area contributed by atoms with Crippen molar-refractivity contribution < 1.29 is 36.5 Å². The summed E-state index contributed by atoms with van der Waals surface area (Å²) in [6.45, 7) is 2.66. The van der Waals surface area contributed by atoms with Crippen LogP contribution in [-0.4, -0.2) is 68.6 Å². The van der Waals surface area contributed by atoms with Gasteiger partial charge in [0.15, 0.2) is 0 Å². The molecule has 12 heteroatoms. The fraction of sp³-hybridized carbons (Fsp3) is 0.385. The molecule has 0 spiro atoms. The van der Waals surface area contributed by atoms with Gasteiger partial charge in [0, 0.05) is 30.3 Å². The van der Waals surface area contributed by atoms with Gasteiger partial charge in [-0.05, 0) is 50.5 Å². The van der Waals surface area contributed by atoms with Crippen molar-refractivity contribution in [2.75, 3.05) is 25.6 Å². The normalized spacial score (nSPS) is 17.6. The molecule has 0 radical (unpaired) electrons. The number of benzene rings is 2. The van der Waals surface area contributed by atoms with Crippen LogP contribution < -0.4 is 5.32 Å². The molecule has 1 fully saturated rings. The van der Waals surface area contributed by atoms with Gasteiger partial charge in [0.1, 0.15) is 6.04 Å². The molecular weight excluding hydrogens is 532 g/mol. The second kappa shape index (κ2) is 12.2. The maximum atomic E-state index is 13.1. The van der Waals surface area contributed by atoms with Crippen LogP contribution >= 0.6 is 11.8 Å². The first-order valence-corrected chi connectivity index (χ1v) is 14.6. The number of nitrogens with zero attached hydrogens (tertiary/aromatic N) is 1. The number of nitrogens with one attached hydrogen (secondary N) is 1. The Kier molecular flexibility index (Phi) is 8.98. The molecule has 0 bridgehead atoms. The van der Waals surface area contributed by atoms with Crippen LogP contribution in [0.15, 0.2) is 52.3 Å². The average molecular weight is 561 g/mol. The summed E-state index contributed by atoms with van der Waals surface area (Å²) in [5.41, 5.74) is 1.49. The second-order valence-corrected chi connectivity index (χ2v) is 11.6. The highest BCUT2D eigenvalue weighted by molar-refractivity contribution is 7.99. The lowest BCUT2D eigenvalue weighted by Crippen LogP contribution is -2.54. The van der Waals surface area contributed by atoms with Crippen molar-refractivity contribution >= 4 is 45.5 Å². The zero-order valence-electron chi connectivity index (χ0n) is 20.8. The first-order valence-electron chi connectivity index (χ1n) is 12.2. The van der Waals surface area contributed by atoms with Crippen LogP contribution in [0.3, 0.4) is 0 Å². The van der Waals surface area contributed by atoms with Crippen molar-refractivity contribution in [2.24, 2.45) is 0 Å². The molecule has 202 valence electrons. The highest BCUT2D eigenvalue weighted by Gasteiger charge is 2.45. The number of aryl methyl sites for hydroxylation is 1. The molecule has 0 saturated carbocycles. The molecule has 1 saturated heterocycles. The first kappa shape index (κ1) is 28.0. The standard InChI is InChI=1S/C26H28N2O8S2/c1-17-7-9-18(10-8-17)38(33,34)36-15-3-13-35-14-4-16-37-21-6-2-5-19-23(21)26(32)28(25(19)31)20-11-12-22(29)27-24(20)30/h2,5-10,20H,3-4,11-16H2,1H3,(H,27,29,30). The minimum Gasteiger partial charge on any atom is -0.381 e. The molecule has 0 aromatic heterocycles. The van der Waals surface area contributed by atoms with Crippen molar-refractivity contribution in [1.29, 1.82) is 0 Å². The lowest BCUT2D eigenvalue weighted by Gasteiger charge is -2.27. The van der Waals surface area contributed by atoms with Gasteiger partial charge in [0.05, 0.1) is 22.6 Å². The number of thioether (sulfide) groups is 1. The van der Waals surface area contributed by atoms with Crippen LogP contribution in [-0.2, 0) is 28.6 Å². The fourth-order valence-electron chi connectivity index (χ4n) is 4.15. The molecule has 2 aliphatic rings. The van der Waals surface area contributed by atoms with Crippen LogP contribution in [0.4, 0.5) is 0 Å². The molecule has 4 rings (SSSR count). The number of ether oxygens (including phenoxy) is 1. The molecule has 2 aliphatic heterocycles. The van der Waals surface area contributed by atoms with E-state index in [0.29, 0.717) is 36.7 Å². The van der Waals surface area contributed by atoms with Crippen molar-refractivity contribution in [3.63, 3.8) is 0 Å². The maximum absolute atomic E-state index is 13.1. The number of carbonyl (C=O) groups is 4. The fourth-order valence-corrected chi connectivity index (χ4v) is 6.09. The molecule has 38 heavy (non-hydrogen) atoms. The Bertz CT molecular complexity index is 1340. The number of imide groups is 2. The van der Waals surface area contributed by atoms with Crippen LogP contribution in [0.2, 0.25) is 0 Å². The van der Waals surface area contributed by atoms with Crippen molar-refractivity contribution in [1.82, 2.24) is 10.2 Å². The molecule has 1 unspecified atom stereocenters. The quantitative estimate of drug-likeness (QED) is 0.180. The smallest absolute Gasteiger partial charge is 0.296 e. The number of hydrogen-bond donors (Lipinski definition) is 1. The zero-order valence-corrected chi connectivity index (χ0v) is 22.4. The number of fused-ring (bicyclic) bond motifs is 1. The summed E-state index contributed by atoms with van der Waals surface area (Å²) >= 11 is 1.41. The van der Waals surface area contributed by atoms with Gasteiger partial charge in [-0.2, -0.15) is 8.42 Å². The van der Waals surface area contributed by atoms with Gasteiger partial charge in [-0.25, -0.2) is 0 Å². The van der Waals surface area contributed by atoms with E-state index >= 15 is 0 Å². The van der Waals surface area contributed by atoms with Gasteiger partial charge in [-0.3, -0.25) is 33.6 Å². The van der Waals surface area contributed by atoms with Crippen molar-refractivity contribution in [3.8, 4) is 0 Å². The average Bonchev–Trinajstić information content (AvgIpc) is 3.13. The molecule has 4 amide bonds. The van der Waals surface area contributed by atoms with E-state index in [0.717, 1.165) is 10.5 Å². The van der Waals surface area contributed by atoms with E-state index in [9.17, 15) is 27.6 Å². The van der Waals surface area contributed by atoms with Gasteiger partial charge in [0.2, 0.25) is 11.8 Å². The lowest BCUT2D eigenvalue weighted by molar-refractivity contribution is -0.136. The third-order valence-electron chi connectivity index (χ3n) is 6.10. The van der Waals surface area contributed by atoms with E-state index in [4.69, 9.17) is 8.92 Å². The molecule has 0 aliphatic carbocycles. The molecule has 2 aromatic rings. The first-order chi connectivity index (χ1) is 18.2. The minimum atomic E-state index is -3.79. The third-order valence-corrected chi connectivity index (χ3v) is 8.57. The number of hydrogen-bond acceptors (Lipinski definition) is 9. The summed E-state index contributed by atoms with van der Waals surface area (Å²) in [5, 5.41) is 2.19. The van der Waals surface area contributed by atoms with Gasteiger partial charge in [-0.15, -0.1) is 11.8 Å². The van der Waals surface area contributed by atoms with Crippen LogP contribution in [0.1, 0.15) is 52.0 Å². The van der Waals surface area contributed by atoms with E-state index in [1.165, 1.54) is 23.9 Å². The highest BCUT2D eigenvalue weighted by atomic mass is 32.2. The summed E-state index contributed by atoms with van der Waals surface area (Å²) in [7, 11) is -3.79. The predicted molar refractivity (Wildman–Crippen MR) is 138 cm³/mol. The van der Waals surface area contributed by atoms with Gasteiger partial charge in [0.25, 0.3) is 21.9 Å².